The van der Waals surface area contributed by atoms with Crippen molar-refractivity contribution in [3.8, 4) is 0 Å². The van der Waals surface area contributed by atoms with Crippen molar-refractivity contribution in [1.29, 1.82) is 0 Å². The highest BCUT2D eigenvalue weighted by Gasteiger charge is 2.29. The first-order valence-corrected chi connectivity index (χ1v) is 4.72. The number of epoxide rings is 1. The maximum Gasteiger partial charge on any atom is 0.126 e. The zero-order valence-corrected chi connectivity index (χ0v) is 7.97. The molecule has 1 aromatic carbocycles. The van der Waals surface area contributed by atoms with E-state index >= 15 is 0 Å². The summed E-state index contributed by atoms with van der Waals surface area (Å²) >= 11 is 0. The minimum absolute atomic E-state index is 0.279. The topological polar surface area (TPSA) is 12.5 Å². The van der Waals surface area contributed by atoms with Crippen LogP contribution in [0.25, 0.3) is 0 Å². The molecule has 1 aliphatic rings. The second-order valence-corrected chi connectivity index (χ2v) is 3.83. The zero-order valence-electron chi connectivity index (χ0n) is 7.97. The molecular formula is C11H12F2O. The van der Waals surface area contributed by atoms with Crippen molar-refractivity contribution in [2.24, 2.45) is 5.92 Å². The van der Waals surface area contributed by atoms with Crippen LogP contribution in [0.2, 0.25) is 0 Å². The van der Waals surface area contributed by atoms with Gasteiger partial charge >= 0.3 is 0 Å². The van der Waals surface area contributed by atoms with E-state index in [0.29, 0.717) is 17.9 Å². The van der Waals surface area contributed by atoms with Crippen LogP contribution in [-0.4, -0.2) is 12.7 Å². The van der Waals surface area contributed by atoms with Crippen LogP contribution in [0.4, 0.5) is 8.78 Å². The number of rotatable bonds is 3. The lowest BCUT2D eigenvalue weighted by Gasteiger charge is -2.07. The van der Waals surface area contributed by atoms with Gasteiger partial charge in [-0.15, -0.1) is 0 Å². The van der Waals surface area contributed by atoms with E-state index in [0.717, 1.165) is 12.7 Å². The van der Waals surface area contributed by atoms with E-state index in [2.05, 4.69) is 0 Å². The first-order chi connectivity index (χ1) is 6.65. The highest BCUT2D eigenvalue weighted by atomic mass is 19.1. The molecule has 1 saturated heterocycles. The van der Waals surface area contributed by atoms with Crippen LogP contribution in [0.1, 0.15) is 12.5 Å². The Labute approximate surface area is 81.7 Å². The van der Waals surface area contributed by atoms with Gasteiger partial charge in [0.15, 0.2) is 0 Å². The van der Waals surface area contributed by atoms with Gasteiger partial charge in [-0.05, 0) is 30.0 Å². The highest BCUT2D eigenvalue weighted by Crippen LogP contribution is 2.23. The molecule has 1 nitrogen and oxygen atoms in total. The van der Waals surface area contributed by atoms with Crippen LogP contribution >= 0.6 is 0 Å². The fraction of sp³-hybridized carbons (Fsp3) is 0.455. The first kappa shape index (κ1) is 9.59. The van der Waals surface area contributed by atoms with Gasteiger partial charge in [0.1, 0.15) is 11.6 Å². The van der Waals surface area contributed by atoms with Crippen LogP contribution in [-0.2, 0) is 11.2 Å². The maximum atomic E-state index is 12.8. The van der Waals surface area contributed by atoms with E-state index in [9.17, 15) is 8.78 Å². The normalized spacial score (nSPS) is 22.1. The van der Waals surface area contributed by atoms with Crippen LogP contribution in [0.3, 0.4) is 0 Å². The molecule has 0 saturated carbocycles. The maximum absolute atomic E-state index is 12.8. The number of hydrogen-bond acceptors (Lipinski definition) is 1. The summed E-state index contributed by atoms with van der Waals surface area (Å²) in [5.41, 5.74) is 0.700. The van der Waals surface area contributed by atoms with Gasteiger partial charge in [-0.2, -0.15) is 0 Å². The summed E-state index contributed by atoms with van der Waals surface area (Å²) in [5, 5.41) is 0. The van der Waals surface area contributed by atoms with Crippen molar-refractivity contribution in [2.75, 3.05) is 6.61 Å². The third kappa shape index (κ3) is 2.29. The Bertz CT molecular complexity index is 314. The highest BCUT2D eigenvalue weighted by molar-refractivity contribution is 5.18. The van der Waals surface area contributed by atoms with E-state index in [4.69, 9.17) is 4.74 Å². The fourth-order valence-electron chi connectivity index (χ4n) is 1.62. The van der Waals surface area contributed by atoms with Gasteiger partial charge in [0.05, 0.1) is 12.7 Å². The quantitative estimate of drug-likeness (QED) is 0.680. The minimum atomic E-state index is -0.510. The molecule has 76 valence electrons. The molecule has 0 aliphatic carbocycles. The lowest BCUT2D eigenvalue weighted by atomic mass is 9.98. The summed E-state index contributed by atoms with van der Waals surface area (Å²) in [6, 6.07) is 3.64. The largest absolute Gasteiger partial charge is 0.373 e. The lowest BCUT2D eigenvalue weighted by Crippen LogP contribution is -2.07. The van der Waals surface area contributed by atoms with Crippen molar-refractivity contribution in [3.05, 3.63) is 35.4 Å². The van der Waals surface area contributed by atoms with E-state index < -0.39 is 11.6 Å². The molecule has 1 fully saturated rings. The molecule has 0 N–H and O–H groups in total. The van der Waals surface area contributed by atoms with Crippen LogP contribution in [0, 0.1) is 17.6 Å². The van der Waals surface area contributed by atoms with Crippen LogP contribution < -0.4 is 0 Å². The number of ether oxygens (including phenoxy) is 1. The molecule has 2 atom stereocenters. The average Bonchev–Trinajstić information content (AvgIpc) is 2.82. The summed E-state index contributed by atoms with van der Waals surface area (Å²) < 4.78 is 30.8. The molecule has 2 rings (SSSR count). The van der Waals surface area contributed by atoms with Crippen molar-refractivity contribution in [1.82, 2.24) is 0 Å². The molecule has 14 heavy (non-hydrogen) atoms. The Morgan fingerprint density at radius 3 is 2.43 bits per heavy atom. The van der Waals surface area contributed by atoms with Gasteiger partial charge in [-0.1, -0.05) is 6.92 Å². The summed E-state index contributed by atoms with van der Waals surface area (Å²) in [5.74, 6) is -0.691. The molecule has 1 heterocycles. The Kier molecular flexibility index (Phi) is 2.50. The number of halogens is 2. The standard InChI is InChI=1S/C11H12F2O/c1-7(11-6-14-11)2-8-3-9(12)5-10(13)4-8/h3-5,7,11H,2,6H2,1H3. The van der Waals surface area contributed by atoms with Crippen LogP contribution in [0.15, 0.2) is 18.2 Å². The smallest absolute Gasteiger partial charge is 0.126 e. The molecular weight excluding hydrogens is 186 g/mol. The second-order valence-electron chi connectivity index (χ2n) is 3.83. The average molecular weight is 198 g/mol. The Balaban J connectivity index is 2.07. The van der Waals surface area contributed by atoms with Gasteiger partial charge in [-0.25, -0.2) is 8.78 Å². The van der Waals surface area contributed by atoms with Crippen molar-refractivity contribution in [2.45, 2.75) is 19.4 Å². The SMILES string of the molecule is CC(Cc1cc(F)cc(F)c1)C1CO1. The van der Waals surface area contributed by atoms with Crippen molar-refractivity contribution >= 4 is 0 Å². The monoisotopic (exact) mass is 198 g/mol. The summed E-state index contributed by atoms with van der Waals surface area (Å²) in [7, 11) is 0. The molecule has 1 aromatic rings. The molecule has 0 spiro atoms. The molecule has 3 heteroatoms. The van der Waals surface area contributed by atoms with E-state index in [1.807, 2.05) is 6.92 Å². The molecule has 0 amide bonds. The van der Waals surface area contributed by atoms with Gasteiger partial charge in [0.2, 0.25) is 0 Å². The minimum Gasteiger partial charge on any atom is -0.373 e. The molecule has 1 aliphatic heterocycles. The van der Waals surface area contributed by atoms with Gasteiger partial charge in [-0.3, -0.25) is 0 Å². The molecule has 0 radical (unpaired) electrons. The predicted octanol–water partition coefficient (Wildman–Crippen LogP) is 2.54. The van der Waals surface area contributed by atoms with Crippen LogP contribution in [0.5, 0.6) is 0 Å². The van der Waals surface area contributed by atoms with Gasteiger partial charge in [0, 0.05) is 6.07 Å². The van der Waals surface area contributed by atoms with Crippen molar-refractivity contribution < 1.29 is 13.5 Å². The first-order valence-electron chi connectivity index (χ1n) is 4.72. The van der Waals surface area contributed by atoms with Gasteiger partial charge in [0.25, 0.3) is 0 Å². The second kappa shape index (κ2) is 3.65. The van der Waals surface area contributed by atoms with Crippen molar-refractivity contribution in [3.63, 3.8) is 0 Å². The van der Waals surface area contributed by atoms with E-state index in [1.165, 1.54) is 12.1 Å². The zero-order chi connectivity index (χ0) is 10.1. The summed E-state index contributed by atoms with van der Waals surface area (Å²) in [6.07, 6.45) is 0.945. The summed E-state index contributed by atoms with van der Waals surface area (Å²) in [4.78, 5) is 0. The third-order valence-corrected chi connectivity index (χ3v) is 2.47. The third-order valence-electron chi connectivity index (χ3n) is 2.47. The van der Waals surface area contributed by atoms with E-state index in [1.54, 1.807) is 0 Å². The molecule has 0 bridgehead atoms. The molecule has 2 unspecified atom stereocenters. The Morgan fingerprint density at radius 2 is 1.93 bits per heavy atom. The Hall–Kier alpha value is -0.960. The lowest BCUT2D eigenvalue weighted by molar-refractivity contribution is 0.340. The predicted molar refractivity (Wildman–Crippen MR) is 49.0 cm³/mol. The van der Waals surface area contributed by atoms with Gasteiger partial charge < -0.3 is 4.74 Å². The van der Waals surface area contributed by atoms with E-state index in [-0.39, 0.29) is 6.10 Å². The molecule has 0 aromatic heterocycles. The summed E-state index contributed by atoms with van der Waals surface area (Å²) in [6.45, 7) is 2.81. The number of benzene rings is 1. The fourth-order valence-corrected chi connectivity index (χ4v) is 1.62. The Morgan fingerprint density at radius 1 is 1.36 bits per heavy atom. The number of hydrogen-bond donors (Lipinski definition) is 0.